The lowest BCUT2D eigenvalue weighted by molar-refractivity contribution is -0.147. The Balaban J connectivity index is 3.30. The van der Waals surface area contributed by atoms with Crippen LogP contribution in [0, 0.1) is 5.41 Å². The Bertz CT molecular complexity index is 193. The molecule has 0 radical (unpaired) electrons. The van der Waals surface area contributed by atoms with E-state index >= 15 is 0 Å². The summed E-state index contributed by atoms with van der Waals surface area (Å²) in [4.78, 5) is 10.8. The minimum absolute atomic E-state index is 0.596. The van der Waals surface area contributed by atoms with Crippen molar-refractivity contribution in [3.63, 3.8) is 0 Å². The van der Waals surface area contributed by atoms with Gasteiger partial charge in [0.1, 0.15) is 0 Å². The molecule has 0 unspecified atom stereocenters. The molecule has 0 fully saturated rings. The fourth-order valence-corrected chi connectivity index (χ4v) is 1.82. The third kappa shape index (κ3) is 8.33. The van der Waals surface area contributed by atoms with E-state index in [1.807, 2.05) is 0 Å². The van der Waals surface area contributed by atoms with Crippen molar-refractivity contribution < 1.29 is 14.6 Å². The van der Waals surface area contributed by atoms with Crippen molar-refractivity contribution in [1.29, 1.82) is 0 Å². The summed E-state index contributed by atoms with van der Waals surface area (Å²) in [5.41, 5.74) is -0.596. The lowest BCUT2D eigenvalue weighted by atomic mass is 9.87. The molecule has 16 heavy (non-hydrogen) atoms. The number of hydrogen-bond acceptors (Lipinski definition) is 2. The molecule has 0 aromatic carbocycles. The number of unbranched alkanes of at least 4 members (excludes halogenated alkanes) is 2. The summed E-state index contributed by atoms with van der Waals surface area (Å²) in [6, 6.07) is 0. The molecular formula is C12H23IO3. The molecule has 0 saturated carbocycles. The summed E-state index contributed by atoms with van der Waals surface area (Å²) in [5.74, 6) is -0.713. The quantitative estimate of drug-likeness (QED) is 0.376. The number of rotatable bonds is 10. The van der Waals surface area contributed by atoms with Gasteiger partial charge in [-0.25, -0.2) is 0 Å². The van der Waals surface area contributed by atoms with Gasteiger partial charge in [-0.15, -0.1) is 0 Å². The topological polar surface area (TPSA) is 46.5 Å². The number of alkyl halides is 1. The Labute approximate surface area is 112 Å². The number of halogens is 1. The number of hydrogen-bond donors (Lipinski definition) is 1. The van der Waals surface area contributed by atoms with E-state index in [2.05, 4.69) is 22.6 Å². The highest BCUT2D eigenvalue weighted by molar-refractivity contribution is 14.1. The van der Waals surface area contributed by atoms with Gasteiger partial charge in [-0.05, 0) is 44.0 Å². The summed E-state index contributed by atoms with van der Waals surface area (Å²) in [5, 5.41) is 8.91. The van der Waals surface area contributed by atoms with E-state index in [0.717, 1.165) is 38.9 Å². The molecule has 0 spiro atoms. The summed E-state index contributed by atoms with van der Waals surface area (Å²) < 4.78 is 6.65. The summed E-state index contributed by atoms with van der Waals surface area (Å²) in [7, 11) is 0. The van der Waals surface area contributed by atoms with Gasteiger partial charge in [0.05, 0.1) is 5.41 Å². The van der Waals surface area contributed by atoms with Crippen LogP contribution in [0.1, 0.15) is 46.0 Å². The first-order chi connectivity index (χ1) is 7.50. The van der Waals surface area contributed by atoms with Crippen molar-refractivity contribution in [2.45, 2.75) is 46.0 Å². The fraction of sp³-hybridized carbons (Fsp3) is 0.917. The predicted molar refractivity (Wildman–Crippen MR) is 74.2 cm³/mol. The second-order valence-corrected chi connectivity index (χ2v) is 5.73. The van der Waals surface area contributed by atoms with E-state index in [1.54, 1.807) is 13.8 Å². The van der Waals surface area contributed by atoms with E-state index in [0.29, 0.717) is 0 Å². The molecule has 96 valence electrons. The van der Waals surface area contributed by atoms with Crippen LogP contribution in [0.15, 0.2) is 0 Å². The minimum Gasteiger partial charge on any atom is -0.481 e. The third-order valence-electron chi connectivity index (χ3n) is 2.59. The van der Waals surface area contributed by atoms with Crippen LogP contribution in [0.25, 0.3) is 0 Å². The number of carboxylic acid groups (broad SMARTS) is 1. The zero-order valence-corrected chi connectivity index (χ0v) is 12.5. The molecule has 0 aliphatic heterocycles. The Morgan fingerprint density at radius 3 is 2.25 bits per heavy atom. The lowest BCUT2D eigenvalue weighted by Gasteiger charge is -2.18. The van der Waals surface area contributed by atoms with Gasteiger partial charge in [-0.2, -0.15) is 0 Å². The van der Waals surface area contributed by atoms with Gasteiger partial charge in [-0.1, -0.05) is 29.0 Å². The summed E-state index contributed by atoms with van der Waals surface area (Å²) in [6.45, 7) is 5.15. The summed E-state index contributed by atoms with van der Waals surface area (Å²) >= 11 is 2.37. The van der Waals surface area contributed by atoms with Gasteiger partial charge in [0.15, 0.2) is 0 Å². The van der Waals surface area contributed by atoms with Gasteiger partial charge in [0, 0.05) is 13.2 Å². The average molecular weight is 342 g/mol. The van der Waals surface area contributed by atoms with Crippen molar-refractivity contribution in [1.82, 2.24) is 0 Å². The Morgan fingerprint density at radius 1 is 1.19 bits per heavy atom. The van der Waals surface area contributed by atoms with Gasteiger partial charge in [0.2, 0.25) is 0 Å². The van der Waals surface area contributed by atoms with Crippen LogP contribution in [0.3, 0.4) is 0 Å². The van der Waals surface area contributed by atoms with E-state index < -0.39 is 11.4 Å². The van der Waals surface area contributed by atoms with Gasteiger partial charge < -0.3 is 9.84 Å². The first-order valence-electron chi connectivity index (χ1n) is 5.88. The van der Waals surface area contributed by atoms with Crippen LogP contribution < -0.4 is 0 Å². The molecule has 0 aromatic heterocycles. The van der Waals surface area contributed by atoms with E-state index in [1.165, 1.54) is 10.8 Å². The van der Waals surface area contributed by atoms with Gasteiger partial charge in [-0.3, -0.25) is 4.79 Å². The number of carboxylic acids is 1. The highest BCUT2D eigenvalue weighted by atomic mass is 127. The van der Waals surface area contributed by atoms with Crippen molar-refractivity contribution in [3.8, 4) is 0 Å². The molecular weight excluding hydrogens is 319 g/mol. The second kappa shape index (κ2) is 9.22. The van der Waals surface area contributed by atoms with Crippen LogP contribution in [0.5, 0.6) is 0 Å². The zero-order valence-electron chi connectivity index (χ0n) is 10.3. The SMILES string of the molecule is CC(C)(CCCCOCCCCI)C(=O)O. The molecule has 4 heteroatoms. The Hall–Kier alpha value is 0.160. The zero-order chi connectivity index (χ0) is 12.4. The monoisotopic (exact) mass is 342 g/mol. The first-order valence-corrected chi connectivity index (χ1v) is 7.40. The molecule has 0 aromatic rings. The Morgan fingerprint density at radius 2 is 1.75 bits per heavy atom. The fourth-order valence-electron chi connectivity index (χ4n) is 1.28. The average Bonchev–Trinajstić information content (AvgIpc) is 2.21. The highest BCUT2D eigenvalue weighted by Gasteiger charge is 2.25. The molecule has 0 amide bonds. The normalized spacial score (nSPS) is 11.7. The van der Waals surface area contributed by atoms with Crippen molar-refractivity contribution in [2.75, 3.05) is 17.6 Å². The molecule has 0 aliphatic rings. The van der Waals surface area contributed by atoms with Crippen LogP contribution in [-0.2, 0) is 9.53 Å². The van der Waals surface area contributed by atoms with Crippen LogP contribution in [-0.4, -0.2) is 28.7 Å². The van der Waals surface area contributed by atoms with E-state index in [-0.39, 0.29) is 0 Å². The van der Waals surface area contributed by atoms with E-state index in [4.69, 9.17) is 9.84 Å². The second-order valence-electron chi connectivity index (χ2n) is 4.65. The maximum Gasteiger partial charge on any atom is 0.309 e. The lowest BCUT2D eigenvalue weighted by Crippen LogP contribution is -2.23. The molecule has 3 nitrogen and oxygen atoms in total. The van der Waals surface area contributed by atoms with Gasteiger partial charge in [0.25, 0.3) is 0 Å². The van der Waals surface area contributed by atoms with Crippen LogP contribution in [0.2, 0.25) is 0 Å². The van der Waals surface area contributed by atoms with Crippen molar-refractivity contribution in [2.24, 2.45) is 5.41 Å². The molecule has 0 saturated heterocycles. The molecule has 0 rings (SSSR count). The maximum atomic E-state index is 10.8. The van der Waals surface area contributed by atoms with Crippen molar-refractivity contribution in [3.05, 3.63) is 0 Å². The minimum atomic E-state index is -0.713. The highest BCUT2D eigenvalue weighted by Crippen LogP contribution is 2.23. The molecule has 0 bridgehead atoms. The third-order valence-corrected chi connectivity index (χ3v) is 3.35. The number of ether oxygens (including phenoxy) is 1. The Kier molecular flexibility index (Phi) is 9.31. The van der Waals surface area contributed by atoms with Crippen LogP contribution >= 0.6 is 22.6 Å². The maximum absolute atomic E-state index is 10.8. The summed E-state index contributed by atoms with van der Waals surface area (Å²) in [6.07, 6.45) is 4.95. The largest absolute Gasteiger partial charge is 0.481 e. The first kappa shape index (κ1) is 16.2. The van der Waals surface area contributed by atoms with Gasteiger partial charge >= 0.3 is 5.97 Å². The smallest absolute Gasteiger partial charge is 0.309 e. The van der Waals surface area contributed by atoms with Crippen molar-refractivity contribution >= 4 is 28.6 Å². The van der Waals surface area contributed by atoms with Crippen LogP contribution in [0.4, 0.5) is 0 Å². The number of carbonyl (C=O) groups is 1. The number of aliphatic carboxylic acids is 1. The molecule has 0 aliphatic carbocycles. The standard InChI is InChI=1S/C12H23IO3/c1-12(2,11(14)15)7-3-5-9-16-10-6-4-8-13/h3-10H2,1-2H3,(H,14,15). The molecule has 0 heterocycles. The van der Waals surface area contributed by atoms with E-state index in [9.17, 15) is 4.79 Å². The predicted octanol–water partition coefficient (Wildman–Crippen LogP) is 3.50. The molecule has 0 atom stereocenters. The molecule has 1 N–H and O–H groups in total.